The summed E-state index contributed by atoms with van der Waals surface area (Å²) in [6.07, 6.45) is 0. The highest BCUT2D eigenvalue weighted by molar-refractivity contribution is 6.04. The van der Waals surface area contributed by atoms with Crippen LogP contribution in [0, 0.1) is 0 Å². The first kappa shape index (κ1) is 8.10. The fourth-order valence-corrected chi connectivity index (χ4v) is 1.49. The summed E-state index contributed by atoms with van der Waals surface area (Å²) in [6.45, 7) is 1.83. The Balaban J connectivity index is 2.38. The molecule has 1 aromatic rings. The molecule has 13 heavy (non-hydrogen) atoms. The number of rotatable bonds is 2. The SMILES string of the molecule is CNc1ccccc1C1=NCCN1. The summed E-state index contributed by atoms with van der Waals surface area (Å²) in [6, 6.07) is 8.17. The number of anilines is 1. The lowest BCUT2D eigenvalue weighted by molar-refractivity contribution is 0.960. The fourth-order valence-electron chi connectivity index (χ4n) is 1.49. The minimum atomic E-state index is 0.882. The maximum absolute atomic E-state index is 4.38. The van der Waals surface area contributed by atoms with Gasteiger partial charge in [0.15, 0.2) is 0 Å². The Labute approximate surface area is 77.9 Å². The van der Waals surface area contributed by atoms with Gasteiger partial charge in [0.2, 0.25) is 0 Å². The Hall–Kier alpha value is -1.51. The summed E-state index contributed by atoms with van der Waals surface area (Å²) in [4.78, 5) is 4.38. The van der Waals surface area contributed by atoms with E-state index in [9.17, 15) is 0 Å². The molecular formula is C10H13N3. The topological polar surface area (TPSA) is 36.4 Å². The number of aliphatic imine (C=N–C) groups is 1. The van der Waals surface area contributed by atoms with Crippen molar-refractivity contribution in [1.29, 1.82) is 0 Å². The van der Waals surface area contributed by atoms with Gasteiger partial charge in [0.1, 0.15) is 5.84 Å². The quantitative estimate of drug-likeness (QED) is 0.705. The molecule has 0 aromatic heterocycles. The van der Waals surface area contributed by atoms with Crippen molar-refractivity contribution in [3.8, 4) is 0 Å². The summed E-state index contributed by atoms with van der Waals surface area (Å²) in [5.41, 5.74) is 2.28. The van der Waals surface area contributed by atoms with Gasteiger partial charge in [-0.15, -0.1) is 0 Å². The number of para-hydroxylation sites is 1. The first-order valence-electron chi connectivity index (χ1n) is 4.47. The van der Waals surface area contributed by atoms with Crippen LogP contribution in [0.3, 0.4) is 0 Å². The molecule has 1 aliphatic heterocycles. The molecule has 0 atom stereocenters. The molecule has 3 nitrogen and oxygen atoms in total. The summed E-state index contributed by atoms with van der Waals surface area (Å²) < 4.78 is 0. The Morgan fingerprint density at radius 2 is 2.23 bits per heavy atom. The van der Waals surface area contributed by atoms with E-state index < -0.39 is 0 Å². The van der Waals surface area contributed by atoms with Crippen molar-refractivity contribution in [1.82, 2.24) is 5.32 Å². The number of benzene rings is 1. The molecule has 68 valence electrons. The third kappa shape index (κ3) is 1.49. The van der Waals surface area contributed by atoms with Crippen molar-refractivity contribution >= 4 is 11.5 Å². The molecule has 0 aliphatic carbocycles. The Morgan fingerprint density at radius 3 is 2.92 bits per heavy atom. The minimum absolute atomic E-state index is 0.882. The number of amidine groups is 1. The Morgan fingerprint density at radius 1 is 1.38 bits per heavy atom. The van der Waals surface area contributed by atoms with E-state index in [1.165, 1.54) is 0 Å². The summed E-state index contributed by atoms with van der Waals surface area (Å²) >= 11 is 0. The van der Waals surface area contributed by atoms with Crippen molar-refractivity contribution in [3.05, 3.63) is 29.8 Å². The van der Waals surface area contributed by atoms with Gasteiger partial charge in [-0.2, -0.15) is 0 Å². The van der Waals surface area contributed by atoms with Crippen LogP contribution in [0.5, 0.6) is 0 Å². The lowest BCUT2D eigenvalue weighted by Crippen LogP contribution is -2.20. The zero-order valence-corrected chi connectivity index (χ0v) is 7.67. The molecule has 0 spiro atoms. The van der Waals surface area contributed by atoms with Crippen LogP contribution in [0.2, 0.25) is 0 Å². The predicted molar refractivity (Wildman–Crippen MR) is 55.4 cm³/mol. The van der Waals surface area contributed by atoms with Gasteiger partial charge in [0.05, 0.1) is 6.54 Å². The molecule has 0 radical (unpaired) electrons. The molecule has 0 amide bonds. The molecule has 1 heterocycles. The van der Waals surface area contributed by atoms with Crippen LogP contribution in [-0.2, 0) is 0 Å². The third-order valence-corrected chi connectivity index (χ3v) is 2.13. The van der Waals surface area contributed by atoms with Crippen molar-refractivity contribution in [2.45, 2.75) is 0 Å². The van der Waals surface area contributed by atoms with E-state index in [2.05, 4.69) is 27.8 Å². The molecule has 0 saturated heterocycles. The van der Waals surface area contributed by atoms with Crippen LogP contribution in [-0.4, -0.2) is 26.0 Å². The van der Waals surface area contributed by atoms with E-state index in [0.717, 1.165) is 30.2 Å². The Bertz CT molecular complexity index is 331. The highest BCUT2D eigenvalue weighted by Crippen LogP contribution is 2.15. The first-order chi connectivity index (χ1) is 6.42. The number of nitrogens with zero attached hydrogens (tertiary/aromatic N) is 1. The molecule has 0 unspecified atom stereocenters. The lowest BCUT2D eigenvalue weighted by Gasteiger charge is -2.08. The summed E-state index contributed by atoms with van der Waals surface area (Å²) in [5, 5.41) is 6.41. The fraction of sp³-hybridized carbons (Fsp3) is 0.300. The van der Waals surface area contributed by atoms with Gasteiger partial charge in [0.25, 0.3) is 0 Å². The van der Waals surface area contributed by atoms with Crippen molar-refractivity contribution in [2.24, 2.45) is 4.99 Å². The van der Waals surface area contributed by atoms with Gasteiger partial charge in [-0.3, -0.25) is 4.99 Å². The lowest BCUT2D eigenvalue weighted by atomic mass is 10.1. The molecule has 1 aromatic carbocycles. The van der Waals surface area contributed by atoms with Crippen LogP contribution < -0.4 is 10.6 Å². The minimum Gasteiger partial charge on any atom is -0.388 e. The largest absolute Gasteiger partial charge is 0.388 e. The second-order valence-corrected chi connectivity index (χ2v) is 2.95. The maximum Gasteiger partial charge on any atom is 0.130 e. The van der Waals surface area contributed by atoms with Gasteiger partial charge in [-0.25, -0.2) is 0 Å². The maximum atomic E-state index is 4.38. The molecule has 0 fully saturated rings. The van der Waals surface area contributed by atoms with E-state index >= 15 is 0 Å². The van der Waals surface area contributed by atoms with Gasteiger partial charge in [-0.1, -0.05) is 12.1 Å². The van der Waals surface area contributed by atoms with Gasteiger partial charge >= 0.3 is 0 Å². The number of hydrogen-bond acceptors (Lipinski definition) is 3. The highest BCUT2D eigenvalue weighted by atomic mass is 15.1. The van der Waals surface area contributed by atoms with E-state index in [1.807, 2.05) is 19.2 Å². The number of nitrogens with one attached hydrogen (secondary N) is 2. The van der Waals surface area contributed by atoms with Crippen molar-refractivity contribution in [2.75, 3.05) is 25.5 Å². The second kappa shape index (κ2) is 3.47. The van der Waals surface area contributed by atoms with E-state index in [0.29, 0.717) is 0 Å². The van der Waals surface area contributed by atoms with Crippen LogP contribution in [0.4, 0.5) is 5.69 Å². The second-order valence-electron chi connectivity index (χ2n) is 2.95. The molecule has 0 bridgehead atoms. The molecule has 3 heteroatoms. The van der Waals surface area contributed by atoms with Crippen LogP contribution in [0.25, 0.3) is 0 Å². The molecular weight excluding hydrogens is 162 g/mol. The van der Waals surface area contributed by atoms with E-state index in [4.69, 9.17) is 0 Å². The zero-order chi connectivity index (χ0) is 9.10. The van der Waals surface area contributed by atoms with E-state index in [-0.39, 0.29) is 0 Å². The summed E-state index contributed by atoms with van der Waals surface area (Å²) in [5.74, 6) is 1.00. The average molecular weight is 175 g/mol. The van der Waals surface area contributed by atoms with Gasteiger partial charge in [0, 0.05) is 24.8 Å². The molecule has 2 rings (SSSR count). The van der Waals surface area contributed by atoms with Gasteiger partial charge < -0.3 is 10.6 Å². The normalized spacial score (nSPS) is 15.0. The third-order valence-electron chi connectivity index (χ3n) is 2.13. The average Bonchev–Trinajstić information content (AvgIpc) is 2.70. The molecule has 0 saturated carbocycles. The van der Waals surface area contributed by atoms with Crippen LogP contribution in [0.15, 0.2) is 29.3 Å². The standard InChI is InChI=1S/C10H13N3/c1-11-9-5-3-2-4-8(9)10-12-6-7-13-10/h2-5,11H,6-7H2,1H3,(H,12,13). The van der Waals surface area contributed by atoms with Crippen molar-refractivity contribution < 1.29 is 0 Å². The smallest absolute Gasteiger partial charge is 0.130 e. The number of hydrogen-bond donors (Lipinski definition) is 2. The highest BCUT2D eigenvalue weighted by Gasteiger charge is 2.10. The van der Waals surface area contributed by atoms with Crippen molar-refractivity contribution in [3.63, 3.8) is 0 Å². The molecule has 1 aliphatic rings. The van der Waals surface area contributed by atoms with Crippen LogP contribution >= 0.6 is 0 Å². The zero-order valence-electron chi connectivity index (χ0n) is 7.67. The van der Waals surface area contributed by atoms with Crippen LogP contribution in [0.1, 0.15) is 5.56 Å². The Kier molecular flexibility index (Phi) is 2.17. The monoisotopic (exact) mass is 175 g/mol. The summed E-state index contributed by atoms with van der Waals surface area (Å²) in [7, 11) is 1.92. The van der Waals surface area contributed by atoms with E-state index in [1.54, 1.807) is 0 Å². The predicted octanol–water partition coefficient (Wildman–Crippen LogP) is 1.08. The first-order valence-corrected chi connectivity index (χ1v) is 4.47. The van der Waals surface area contributed by atoms with Gasteiger partial charge in [-0.05, 0) is 12.1 Å². The molecule has 2 N–H and O–H groups in total.